The first-order valence-corrected chi connectivity index (χ1v) is 7.76. The van der Waals surface area contributed by atoms with Crippen molar-refractivity contribution in [3.8, 4) is 0 Å². The molecule has 0 radical (unpaired) electrons. The molecule has 0 saturated heterocycles. The molecule has 0 atom stereocenters. The average molecular weight is 298 g/mol. The molecule has 0 saturated carbocycles. The van der Waals surface area contributed by atoms with Gasteiger partial charge in [-0.2, -0.15) is 0 Å². The summed E-state index contributed by atoms with van der Waals surface area (Å²) in [6.45, 7) is 2.53. The largest absolute Gasteiger partial charge is 0.356 e. The summed E-state index contributed by atoms with van der Waals surface area (Å²) in [4.78, 5) is 4.25. The fourth-order valence-electron chi connectivity index (χ4n) is 2.69. The van der Waals surface area contributed by atoms with E-state index >= 15 is 0 Å². The third kappa shape index (κ3) is 3.44. The molecule has 1 aromatic carbocycles. The molecule has 2 heterocycles. The monoisotopic (exact) mass is 298 g/mol. The van der Waals surface area contributed by atoms with Crippen LogP contribution in [-0.4, -0.2) is 34.3 Å². The van der Waals surface area contributed by atoms with Crippen LogP contribution in [0, 0.1) is 0 Å². The van der Waals surface area contributed by atoms with Crippen LogP contribution in [0.3, 0.4) is 0 Å². The van der Waals surface area contributed by atoms with Crippen molar-refractivity contribution < 1.29 is 0 Å². The number of guanidine groups is 1. The van der Waals surface area contributed by atoms with Crippen LogP contribution in [0.15, 0.2) is 35.3 Å². The van der Waals surface area contributed by atoms with E-state index in [4.69, 9.17) is 0 Å². The normalized spacial score (nSPS) is 14.0. The van der Waals surface area contributed by atoms with Gasteiger partial charge in [-0.15, -0.1) is 10.2 Å². The van der Waals surface area contributed by atoms with Gasteiger partial charge < -0.3 is 15.2 Å². The third-order valence-electron chi connectivity index (χ3n) is 3.87. The lowest BCUT2D eigenvalue weighted by atomic mass is 10.1. The van der Waals surface area contributed by atoms with E-state index < -0.39 is 0 Å². The SMILES string of the molecule is CN=C(NCCc1ccccc1)NCc1nnc2n1CCC2. The molecule has 0 amide bonds. The number of aryl methyl sites for hydroxylation is 1. The zero-order valence-electron chi connectivity index (χ0n) is 12.9. The molecule has 1 aromatic heterocycles. The second kappa shape index (κ2) is 7.06. The molecular formula is C16H22N6. The van der Waals surface area contributed by atoms with Gasteiger partial charge >= 0.3 is 0 Å². The van der Waals surface area contributed by atoms with E-state index in [1.807, 2.05) is 6.07 Å². The van der Waals surface area contributed by atoms with E-state index in [-0.39, 0.29) is 0 Å². The number of hydrogen-bond acceptors (Lipinski definition) is 3. The number of hydrogen-bond donors (Lipinski definition) is 2. The predicted octanol–water partition coefficient (Wildman–Crippen LogP) is 1.13. The minimum absolute atomic E-state index is 0.651. The molecule has 0 unspecified atom stereocenters. The zero-order valence-corrected chi connectivity index (χ0v) is 12.9. The molecule has 2 N–H and O–H groups in total. The highest BCUT2D eigenvalue weighted by atomic mass is 15.3. The van der Waals surface area contributed by atoms with Crippen LogP contribution < -0.4 is 10.6 Å². The molecule has 0 fully saturated rings. The van der Waals surface area contributed by atoms with Crippen LogP contribution in [0.4, 0.5) is 0 Å². The Morgan fingerprint density at radius 3 is 2.91 bits per heavy atom. The van der Waals surface area contributed by atoms with E-state index in [1.54, 1.807) is 7.05 Å². The quantitative estimate of drug-likeness (QED) is 0.641. The van der Waals surface area contributed by atoms with Crippen LogP contribution in [0.25, 0.3) is 0 Å². The Balaban J connectivity index is 1.46. The van der Waals surface area contributed by atoms with Gasteiger partial charge in [-0.25, -0.2) is 0 Å². The van der Waals surface area contributed by atoms with Gasteiger partial charge in [-0.3, -0.25) is 4.99 Å². The maximum Gasteiger partial charge on any atom is 0.191 e. The first kappa shape index (κ1) is 14.6. The second-order valence-corrected chi connectivity index (χ2v) is 5.38. The van der Waals surface area contributed by atoms with Crippen molar-refractivity contribution in [2.45, 2.75) is 32.4 Å². The summed E-state index contributed by atoms with van der Waals surface area (Å²) < 4.78 is 2.20. The summed E-state index contributed by atoms with van der Waals surface area (Å²) in [6.07, 6.45) is 3.18. The Hall–Kier alpha value is -2.37. The maximum absolute atomic E-state index is 4.25. The number of nitrogens with zero attached hydrogens (tertiary/aromatic N) is 4. The van der Waals surface area contributed by atoms with Gasteiger partial charge in [-0.05, 0) is 18.4 Å². The minimum Gasteiger partial charge on any atom is -0.356 e. The first-order chi connectivity index (χ1) is 10.9. The van der Waals surface area contributed by atoms with Crippen LogP contribution in [0.1, 0.15) is 23.6 Å². The van der Waals surface area contributed by atoms with Gasteiger partial charge in [0.05, 0.1) is 6.54 Å². The second-order valence-electron chi connectivity index (χ2n) is 5.38. The molecule has 6 nitrogen and oxygen atoms in total. The smallest absolute Gasteiger partial charge is 0.191 e. The van der Waals surface area contributed by atoms with E-state index in [0.29, 0.717) is 6.54 Å². The molecule has 6 heteroatoms. The minimum atomic E-state index is 0.651. The number of nitrogens with one attached hydrogen (secondary N) is 2. The zero-order chi connectivity index (χ0) is 15.2. The molecule has 3 rings (SSSR count). The average Bonchev–Trinajstić information content (AvgIpc) is 3.16. The molecule has 0 bridgehead atoms. The molecule has 1 aliphatic heterocycles. The Kier molecular flexibility index (Phi) is 4.68. The van der Waals surface area contributed by atoms with E-state index in [0.717, 1.165) is 43.5 Å². The van der Waals surface area contributed by atoms with Crippen LogP contribution in [0.5, 0.6) is 0 Å². The van der Waals surface area contributed by atoms with Gasteiger partial charge in [0.2, 0.25) is 0 Å². The van der Waals surface area contributed by atoms with Gasteiger partial charge in [0, 0.05) is 26.6 Å². The summed E-state index contributed by atoms with van der Waals surface area (Å²) in [5.74, 6) is 2.88. The van der Waals surface area contributed by atoms with Gasteiger partial charge in [0.25, 0.3) is 0 Å². The highest BCUT2D eigenvalue weighted by molar-refractivity contribution is 5.79. The van der Waals surface area contributed by atoms with Gasteiger partial charge in [0.1, 0.15) is 5.82 Å². The lowest BCUT2D eigenvalue weighted by Crippen LogP contribution is -2.38. The molecule has 116 valence electrons. The number of aromatic nitrogens is 3. The molecule has 1 aliphatic rings. The molecule has 2 aromatic rings. The maximum atomic E-state index is 4.25. The topological polar surface area (TPSA) is 67.1 Å². The third-order valence-corrected chi connectivity index (χ3v) is 3.87. The molecule has 0 spiro atoms. The Morgan fingerprint density at radius 1 is 1.23 bits per heavy atom. The standard InChI is InChI=1S/C16H22N6/c1-17-16(18-10-9-13-6-3-2-4-7-13)19-12-15-21-20-14-8-5-11-22(14)15/h2-4,6-7H,5,8-12H2,1H3,(H2,17,18,19). The van der Waals surface area contributed by atoms with Crippen molar-refractivity contribution in [3.63, 3.8) is 0 Å². The highest BCUT2D eigenvalue weighted by Gasteiger charge is 2.16. The van der Waals surface area contributed by atoms with Gasteiger partial charge in [-0.1, -0.05) is 30.3 Å². The lowest BCUT2D eigenvalue weighted by Gasteiger charge is -2.11. The lowest BCUT2D eigenvalue weighted by molar-refractivity contribution is 0.662. The van der Waals surface area contributed by atoms with E-state index in [1.165, 1.54) is 12.0 Å². The van der Waals surface area contributed by atoms with E-state index in [9.17, 15) is 0 Å². The van der Waals surface area contributed by atoms with Crippen molar-refractivity contribution >= 4 is 5.96 Å². The van der Waals surface area contributed by atoms with Crippen molar-refractivity contribution in [1.29, 1.82) is 0 Å². The van der Waals surface area contributed by atoms with E-state index in [2.05, 4.69) is 54.7 Å². The number of aliphatic imine (C=N–C) groups is 1. The fourth-order valence-corrected chi connectivity index (χ4v) is 2.69. The number of fused-ring (bicyclic) bond motifs is 1. The summed E-state index contributed by atoms with van der Waals surface area (Å²) >= 11 is 0. The van der Waals surface area contributed by atoms with Crippen LogP contribution >= 0.6 is 0 Å². The molecular weight excluding hydrogens is 276 g/mol. The number of benzene rings is 1. The Labute approximate surface area is 130 Å². The van der Waals surface area contributed by atoms with Gasteiger partial charge in [0.15, 0.2) is 11.8 Å². The van der Waals surface area contributed by atoms with Crippen molar-refractivity contribution in [1.82, 2.24) is 25.4 Å². The number of rotatable bonds is 5. The van der Waals surface area contributed by atoms with Crippen molar-refractivity contribution in [3.05, 3.63) is 47.5 Å². The summed E-state index contributed by atoms with van der Waals surface area (Å²) in [7, 11) is 1.78. The highest BCUT2D eigenvalue weighted by Crippen LogP contribution is 2.13. The molecule has 0 aliphatic carbocycles. The fraction of sp³-hybridized carbons (Fsp3) is 0.438. The van der Waals surface area contributed by atoms with Crippen molar-refractivity contribution in [2.75, 3.05) is 13.6 Å². The van der Waals surface area contributed by atoms with Crippen molar-refractivity contribution in [2.24, 2.45) is 4.99 Å². The van der Waals surface area contributed by atoms with Crippen LogP contribution in [0.2, 0.25) is 0 Å². The summed E-state index contributed by atoms with van der Waals surface area (Å²) in [5, 5.41) is 15.1. The predicted molar refractivity (Wildman–Crippen MR) is 86.7 cm³/mol. The molecule has 22 heavy (non-hydrogen) atoms. The summed E-state index contributed by atoms with van der Waals surface area (Å²) in [5.41, 5.74) is 1.32. The Bertz CT molecular complexity index is 631. The first-order valence-electron chi connectivity index (χ1n) is 7.76. The van der Waals surface area contributed by atoms with Crippen LogP contribution in [-0.2, 0) is 25.9 Å². The Morgan fingerprint density at radius 2 is 2.09 bits per heavy atom. The summed E-state index contributed by atoms with van der Waals surface area (Å²) in [6, 6.07) is 10.4.